The van der Waals surface area contributed by atoms with Crippen LogP contribution in [-0.2, 0) is 14.4 Å². The van der Waals surface area contributed by atoms with Crippen LogP contribution in [0, 0.1) is 17.8 Å². The van der Waals surface area contributed by atoms with Crippen LogP contribution < -0.4 is 0 Å². The molecule has 1 aromatic carbocycles. The lowest BCUT2D eigenvalue weighted by Gasteiger charge is -2.36. The molecule has 0 spiro atoms. The van der Waals surface area contributed by atoms with Gasteiger partial charge in [0.2, 0.25) is 17.7 Å². The smallest absolute Gasteiger partial charge is 0.245 e. The number of allylic oxidation sites excluding steroid dienone is 2. The minimum Gasteiger partial charge on any atom is -0.440 e. The van der Waals surface area contributed by atoms with Crippen molar-refractivity contribution in [2.75, 3.05) is 13.1 Å². The number of benzene rings is 1. The number of rotatable bonds is 5. The van der Waals surface area contributed by atoms with Gasteiger partial charge >= 0.3 is 0 Å². The molecule has 0 saturated carbocycles. The molecule has 7 nitrogen and oxygen atoms in total. The normalized spacial score (nSPS) is 24.7. The molecule has 3 unspecified atom stereocenters. The Morgan fingerprint density at radius 1 is 1.06 bits per heavy atom. The number of imide groups is 1. The molecule has 0 bridgehead atoms. The Bertz CT molecular complexity index is 1040. The van der Waals surface area contributed by atoms with E-state index >= 15 is 0 Å². The van der Waals surface area contributed by atoms with Gasteiger partial charge in [0.05, 0.1) is 11.8 Å². The predicted molar refractivity (Wildman–Crippen MR) is 123 cm³/mol. The van der Waals surface area contributed by atoms with E-state index in [1.165, 1.54) is 4.90 Å². The predicted octanol–water partition coefficient (Wildman–Crippen LogP) is 3.90. The largest absolute Gasteiger partial charge is 0.440 e. The lowest BCUT2D eigenvalue weighted by Crippen LogP contribution is -2.53. The summed E-state index contributed by atoms with van der Waals surface area (Å²) in [6, 6.07) is 7.02. The molecule has 33 heavy (non-hydrogen) atoms. The number of fused-ring (bicyclic) bond motifs is 2. The maximum atomic E-state index is 13.6. The third-order valence-electron chi connectivity index (χ3n) is 7.30. The Labute approximate surface area is 193 Å². The number of amides is 3. The van der Waals surface area contributed by atoms with Gasteiger partial charge in [0.15, 0.2) is 11.5 Å². The average molecular weight is 450 g/mol. The quantitative estimate of drug-likeness (QED) is 0.511. The summed E-state index contributed by atoms with van der Waals surface area (Å²) in [5.74, 6) is 0.0113. The van der Waals surface area contributed by atoms with Gasteiger partial charge < -0.3 is 9.32 Å². The third kappa shape index (κ3) is 3.98. The Kier molecular flexibility index (Phi) is 5.81. The molecular formula is C26H31N3O4. The Hall–Kier alpha value is -2.96. The number of para-hydroxylation sites is 2. The van der Waals surface area contributed by atoms with Crippen molar-refractivity contribution in [3.63, 3.8) is 0 Å². The fourth-order valence-corrected chi connectivity index (χ4v) is 5.52. The van der Waals surface area contributed by atoms with Crippen LogP contribution in [0.3, 0.4) is 0 Å². The Morgan fingerprint density at radius 2 is 1.70 bits per heavy atom. The van der Waals surface area contributed by atoms with Crippen molar-refractivity contribution in [1.29, 1.82) is 0 Å². The molecule has 0 radical (unpaired) electrons. The molecule has 2 aromatic rings. The number of hydrogen-bond acceptors (Lipinski definition) is 5. The zero-order chi connectivity index (χ0) is 23.1. The Balaban J connectivity index is 1.30. The van der Waals surface area contributed by atoms with Crippen molar-refractivity contribution in [1.82, 2.24) is 14.8 Å². The fraction of sp³-hybridized carbons (Fsp3) is 0.538. The molecule has 2 aliphatic heterocycles. The highest BCUT2D eigenvalue weighted by atomic mass is 16.3. The SMILES string of the molecule is CC(C)CC(C(=O)N1CCC(c2nc3ccccc3o2)CC1)N1C(=O)C2CC=CCC2C1=O. The fourth-order valence-electron chi connectivity index (χ4n) is 5.52. The molecule has 3 aliphatic rings. The second-order valence-corrected chi connectivity index (χ2v) is 9.97. The molecule has 2 saturated heterocycles. The summed E-state index contributed by atoms with van der Waals surface area (Å²) < 4.78 is 5.95. The first-order valence-corrected chi connectivity index (χ1v) is 12.1. The van der Waals surface area contributed by atoms with Crippen molar-refractivity contribution in [2.45, 2.75) is 57.9 Å². The maximum absolute atomic E-state index is 13.6. The van der Waals surface area contributed by atoms with Crippen LogP contribution >= 0.6 is 0 Å². The van der Waals surface area contributed by atoms with Crippen LogP contribution in [0.4, 0.5) is 0 Å². The van der Waals surface area contributed by atoms with Crippen LogP contribution in [0.25, 0.3) is 11.1 Å². The minimum absolute atomic E-state index is 0.104. The first-order chi connectivity index (χ1) is 15.9. The lowest BCUT2D eigenvalue weighted by atomic mass is 9.85. The van der Waals surface area contributed by atoms with E-state index in [4.69, 9.17) is 4.42 Å². The molecule has 1 aliphatic carbocycles. The number of aromatic nitrogens is 1. The second kappa shape index (κ2) is 8.76. The summed E-state index contributed by atoms with van der Waals surface area (Å²) in [5, 5.41) is 0. The van der Waals surface area contributed by atoms with Crippen molar-refractivity contribution in [3.8, 4) is 0 Å². The van der Waals surface area contributed by atoms with E-state index in [0.29, 0.717) is 32.4 Å². The number of nitrogens with zero attached hydrogens (tertiary/aromatic N) is 3. The van der Waals surface area contributed by atoms with Gasteiger partial charge in [0.1, 0.15) is 11.6 Å². The first kappa shape index (κ1) is 21.9. The summed E-state index contributed by atoms with van der Waals surface area (Å²) in [7, 11) is 0. The Morgan fingerprint density at radius 3 is 2.30 bits per heavy atom. The van der Waals surface area contributed by atoms with E-state index in [1.807, 2.05) is 55.2 Å². The van der Waals surface area contributed by atoms with E-state index < -0.39 is 6.04 Å². The van der Waals surface area contributed by atoms with Crippen LogP contribution in [0.15, 0.2) is 40.8 Å². The highest BCUT2D eigenvalue weighted by molar-refractivity contribution is 6.08. The van der Waals surface area contributed by atoms with Crippen molar-refractivity contribution < 1.29 is 18.8 Å². The minimum atomic E-state index is -0.712. The van der Waals surface area contributed by atoms with Gasteiger partial charge in [0.25, 0.3) is 0 Å². The number of likely N-dealkylation sites (tertiary alicyclic amines) is 2. The molecule has 3 amide bonds. The van der Waals surface area contributed by atoms with Crippen LogP contribution in [0.2, 0.25) is 0 Å². The summed E-state index contributed by atoms with van der Waals surface area (Å²) in [6.07, 6.45) is 7.13. The van der Waals surface area contributed by atoms with E-state index in [0.717, 1.165) is 29.8 Å². The monoisotopic (exact) mass is 449 g/mol. The van der Waals surface area contributed by atoms with Crippen molar-refractivity contribution >= 4 is 28.8 Å². The zero-order valence-corrected chi connectivity index (χ0v) is 19.3. The summed E-state index contributed by atoms with van der Waals surface area (Å²) in [5.41, 5.74) is 1.63. The molecule has 5 rings (SSSR count). The van der Waals surface area contributed by atoms with Crippen LogP contribution in [0.1, 0.15) is 57.8 Å². The molecule has 174 valence electrons. The van der Waals surface area contributed by atoms with Crippen LogP contribution in [-0.4, -0.2) is 51.6 Å². The summed E-state index contributed by atoms with van der Waals surface area (Å²) in [6.45, 7) is 5.20. The molecule has 1 aromatic heterocycles. The van der Waals surface area contributed by atoms with Gasteiger partial charge in [0, 0.05) is 19.0 Å². The van der Waals surface area contributed by atoms with Gasteiger partial charge in [-0.1, -0.05) is 38.1 Å². The second-order valence-electron chi connectivity index (χ2n) is 9.97. The number of carbonyl (C=O) groups excluding carboxylic acids is 3. The molecular weight excluding hydrogens is 418 g/mol. The number of hydrogen-bond donors (Lipinski definition) is 0. The van der Waals surface area contributed by atoms with Gasteiger partial charge in [-0.15, -0.1) is 0 Å². The standard InChI is InChI=1S/C26H31N3O4/c1-16(2)15-21(29-24(30)18-7-3-4-8-19(18)25(29)31)26(32)28-13-11-17(12-14-28)23-27-20-9-5-6-10-22(20)33-23/h3-6,9-10,16-19,21H,7-8,11-15H2,1-2H3. The highest BCUT2D eigenvalue weighted by Gasteiger charge is 2.51. The molecule has 7 heteroatoms. The van der Waals surface area contributed by atoms with Gasteiger partial charge in [-0.2, -0.15) is 0 Å². The van der Waals surface area contributed by atoms with E-state index in [2.05, 4.69) is 4.98 Å². The third-order valence-corrected chi connectivity index (χ3v) is 7.30. The van der Waals surface area contributed by atoms with Crippen molar-refractivity contribution in [3.05, 3.63) is 42.3 Å². The lowest BCUT2D eigenvalue weighted by molar-refractivity contribution is -0.152. The number of piperidine rings is 1. The zero-order valence-electron chi connectivity index (χ0n) is 19.3. The van der Waals surface area contributed by atoms with E-state index in [1.54, 1.807) is 0 Å². The number of oxazole rings is 1. The molecule has 0 N–H and O–H groups in total. The molecule has 3 atom stereocenters. The van der Waals surface area contributed by atoms with Gasteiger partial charge in [-0.05, 0) is 50.2 Å². The first-order valence-electron chi connectivity index (χ1n) is 12.1. The summed E-state index contributed by atoms with van der Waals surface area (Å²) in [4.78, 5) is 47.7. The maximum Gasteiger partial charge on any atom is 0.245 e. The van der Waals surface area contributed by atoms with E-state index in [9.17, 15) is 14.4 Å². The average Bonchev–Trinajstić information content (AvgIpc) is 3.37. The van der Waals surface area contributed by atoms with E-state index in [-0.39, 0.29) is 41.4 Å². The topological polar surface area (TPSA) is 83.7 Å². The highest BCUT2D eigenvalue weighted by Crippen LogP contribution is 2.38. The molecule has 2 fully saturated rings. The van der Waals surface area contributed by atoms with Gasteiger partial charge in [-0.3, -0.25) is 19.3 Å². The molecule has 3 heterocycles. The summed E-state index contributed by atoms with van der Waals surface area (Å²) >= 11 is 0. The van der Waals surface area contributed by atoms with Crippen molar-refractivity contribution in [2.24, 2.45) is 17.8 Å². The van der Waals surface area contributed by atoms with Gasteiger partial charge in [-0.25, -0.2) is 4.98 Å². The van der Waals surface area contributed by atoms with Crippen LogP contribution in [0.5, 0.6) is 0 Å². The number of carbonyl (C=O) groups is 3.